The Bertz CT molecular complexity index is 801. The van der Waals surface area contributed by atoms with Gasteiger partial charge in [0.1, 0.15) is 0 Å². The number of piperidine rings is 1. The first kappa shape index (κ1) is 14.8. The number of anilines is 1. The van der Waals surface area contributed by atoms with Crippen LogP contribution in [-0.2, 0) is 14.1 Å². The van der Waals surface area contributed by atoms with E-state index in [1.165, 1.54) is 11.6 Å². The Balaban J connectivity index is 2.02. The molecule has 0 amide bonds. The van der Waals surface area contributed by atoms with Gasteiger partial charge in [0, 0.05) is 33.8 Å². The van der Waals surface area contributed by atoms with Crippen molar-refractivity contribution in [3.63, 3.8) is 0 Å². The van der Waals surface area contributed by atoms with E-state index in [2.05, 4.69) is 14.9 Å². The van der Waals surface area contributed by atoms with Crippen LogP contribution >= 0.6 is 0 Å². The van der Waals surface area contributed by atoms with Crippen molar-refractivity contribution in [3.8, 4) is 0 Å². The van der Waals surface area contributed by atoms with E-state index in [4.69, 9.17) is 5.11 Å². The molecule has 8 nitrogen and oxygen atoms in total. The number of hydrogen-bond donors (Lipinski definition) is 2. The third-order valence-corrected chi connectivity index (χ3v) is 4.44. The number of rotatable bonds is 3. The van der Waals surface area contributed by atoms with E-state index < -0.39 is 0 Å². The molecule has 120 valence electrons. The predicted octanol–water partition coefficient (Wildman–Crippen LogP) is -0.441. The molecular weight excluding hydrogens is 286 g/mol. The summed E-state index contributed by atoms with van der Waals surface area (Å²) < 4.78 is 2.46. The number of aliphatic hydroxyl groups is 1. The molecule has 8 heteroatoms. The molecule has 1 fully saturated rings. The van der Waals surface area contributed by atoms with Crippen LogP contribution in [0.3, 0.4) is 0 Å². The molecule has 0 aromatic carbocycles. The molecule has 1 aliphatic heterocycles. The molecule has 22 heavy (non-hydrogen) atoms. The zero-order chi connectivity index (χ0) is 15.9. The van der Waals surface area contributed by atoms with Gasteiger partial charge in [-0.2, -0.15) is 4.98 Å². The van der Waals surface area contributed by atoms with E-state index in [1.807, 2.05) is 0 Å². The summed E-state index contributed by atoms with van der Waals surface area (Å²) in [5.74, 6) is 1.05. The van der Waals surface area contributed by atoms with Gasteiger partial charge >= 0.3 is 5.69 Å². The van der Waals surface area contributed by atoms with E-state index in [9.17, 15) is 9.59 Å². The summed E-state index contributed by atoms with van der Waals surface area (Å²) in [5, 5.41) is 9.10. The number of nitrogens with one attached hydrogen (secondary N) is 1. The van der Waals surface area contributed by atoms with Crippen molar-refractivity contribution >= 4 is 17.1 Å². The highest BCUT2D eigenvalue weighted by Gasteiger charge is 2.23. The van der Waals surface area contributed by atoms with Crippen molar-refractivity contribution in [1.29, 1.82) is 0 Å². The molecule has 0 saturated carbocycles. The van der Waals surface area contributed by atoms with Gasteiger partial charge in [-0.25, -0.2) is 4.79 Å². The molecule has 2 aromatic rings. The number of aryl methyl sites for hydroxylation is 1. The number of hydrogen-bond acceptors (Lipinski definition) is 5. The first-order valence-electron chi connectivity index (χ1n) is 7.54. The first-order valence-corrected chi connectivity index (χ1v) is 7.54. The normalized spacial score (nSPS) is 19.0. The maximum atomic E-state index is 12.2. The fraction of sp³-hybridized carbons (Fsp3) is 0.643. The van der Waals surface area contributed by atoms with Crippen molar-refractivity contribution < 1.29 is 5.11 Å². The quantitative estimate of drug-likeness (QED) is 0.801. The number of H-pyrrole nitrogens is 1. The lowest BCUT2D eigenvalue weighted by Gasteiger charge is -2.32. The van der Waals surface area contributed by atoms with Gasteiger partial charge in [-0.05, 0) is 25.2 Å². The number of fused-ring (bicyclic) bond motifs is 1. The summed E-state index contributed by atoms with van der Waals surface area (Å²) in [6.45, 7) is 1.85. The van der Waals surface area contributed by atoms with Crippen molar-refractivity contribution in [3.05, 3.63) is 20.8 Å². The van der Waals surface area contributed by atoms with Crippen LogP contribution in [0, 0.1) is 5.92 Å². The lowest BCUT2D eigenvalue weighted by atomic mass is 9.95. The molecule has 3 heterocycles. The molecule has 2 aromatic heterocycles. The average Bonchev–Trinajstić information content (AvgIpc) is 2.97. The second-order valence-electron chi connectivity index (χ2n) is 5.93. The number of aromatic nitrogens is 4. The van der Waals surface area contributed by atoms with Crippen LogP contribution in [0.4, 0.5) is 5.95 Å². The average molecular weight is 307 g/mol. The Morgan fingerprint density at radius 2 is 2.09 bits per heavy atom. The van der Waals surface area contributed by atoms with E-state index in [-0.39, 0.29) is 17.9 Å². The Morgan fingerprint density at radius 3 is 2.82 bits per heavy atom. The molecule has 1 saturated heterocycles. The Labute approximate surface area is 127 Å². The molecule has 2 N–H and O–H groups in total. The summed E-state index contributed by atoms with van der Waals surface area (Å²) in [5.41, 5.74) is -0.00983. The summed E-state index contributed by atoms with van der Waals surface area (Å²) >= 11 is 0. The molecular formula is C14H21N5O3. The summed E-state index contributed by atoms with van der Waals surface area (Å²) in [6, 6.07) is 0. The molecule has 1 atom stereocenters. The van der Waals surface area contributed by atoms with Gasteiger partial charge in [0.05, 0.1) is 0 Å². The van der Waals surface area contributed by atoms with Gasteiger partial charge < -0.3 is 15.0 Å². The maximum absolute atomic E-state index is 12.2. The maximum Gasteiger partial charge on any atom is 0.332 e. The minimum atomic E-state index is -0.382. The van der Waals surface area contributed by atoms with E-state index in [1.54, 1.807) is 7.05 Å². The Kier molecular flexibility index (Phi) is 3.78. The van der Waals surface area contributed by atoms with Gasteiger partial charge in [-0.1, -0.05) is 0 Å². The second-order valence-corrected chi connectivity index (χ2v) is 5.93. The molecule has 1 unspecified atom stereocenters. The van der Waals surface area contributed by atoms with Crippen molar-refractivity contribution in [2.75, 3.05) is 24.6 Å². The zero-order valence-corrected chi connectivity index (χ0v) is 12.9. The number of imidazole rings is 1. The van der Waals surface area contributed by atoms with Crippen LogP contribution in [0.15, 0.2) is 9.59 Å². The van der Waals surface area contributed by atoms with Crippen LogP contribution in [0.5, 0.6) is 0 Å². The van der Waals surface area contributed by atoms with Gasteiger partial charge in [0.2, 0.25) is 5.95 Å². The minimum absolute atomic E-state index is 0.188. The minimum Gasteiger partial charge on any atom is -0.396 e. The monoisotopic (exact) mass is 307 g/mol. The molecule has 0 spiro atoms. The highest BCUT2D eigenvalue weighted by Crippen LogP contribution is 2.23. The van der Waals surface area contributed by atoms with Gasteiger partial charge in [0.25, 0.3) is 5.56 Å². The fourth-order valence-corrected chi connectivity index (χ4v) is 3.14. The number of nitrogens with zero attached hydrogens (tertiary/aromatic N) is 4. The number of aromatic amines is 1. The largest absolute Gasteiger partial charge is 0.396 e. The smallest absolute Gasteiger partial charge is 0.332 e. The third-order valence-electron chi connectivity index (χ3n) is 4.44. The van der Waals surface area contributed by atoms with Gasteiger partial charge in [-0.15, -0.1) is 0 Å². The van der Waals surface area contributed by atoms with Crippen molar-refractivity contribution in [2.45, 2.75) is 19.3 Å². The van der Waals surface area contributed by atoms with Crippen LogP contribution in [-0.4, -0.2) is 43.9 Å². The number of aliphatic hydroxyl groups excluding tert-OH is 1. The summed E-state index contributed by atoms with van der Waals surface area (Å²) in [7, 11) is 3.07. The fourth-order valence-electron chi connectivity index (χ4n) is 3.14. The topological polar surface area (TPSA) is 96.2 Å². The molecule has 0 radical (unpaired) electrons. The predicted molar refractivity (Wildman–Crippen MR) is 83.2 cm³/mol. The summed E-state index contributed by atoms with van der Waals surface area (Å²) in [6.07, 6.45) is 2.90. The summed E-state index contributed by atoms with van der Waals surface area (Å²) in [4.78, 5) is 33.8. The van der Waals surface area contributed by atoms with E-state index >= 15 is 0 Å². The molecule has 1 aliphatic rings. The van der Waals surface area contributed by atoms with E-state index in [0.717, 1.165) is 36.9 Å². The standard InChI is InChI=1S/C14H21N5O3/c1-17-11-10(12(21)18(2)14(17)22)15-13(16-11)19-6-3-4-9(8-19)5-7-20/h9,20H,3-8H2,1-2H3,(H,15,16). The lowest BCUT2D eigenvalue weighted by Crippen LogP contribution is -2.36. The van der Waals surface area contributed by atoms with Crippen LogP contribution in [0.25, 0.3) is 11.2 Å². The Morgan fingerprint density at radius 1 is 1.32 bits per heavy atom. The van der Waals surface area contributed by atoms with Crippen LogP contribution < -0.4 is 16.1 Å². The second kappa shape index (κ2) is 5.60. The lowest BCUT2D eigenvalue weighted by molar-refractivity contribution is 0.244. The molecule has 0 aliphatic carbocycles. The SMILES string of the molecule is Cn1c(=O)c2[nH]c(N3CCCC(CCO)C3)nc2n(C)c1=O. The van der Waals surface area contributed by atoms with Crippen molar-refractivity contribution in [1.82, 2.24) is 19.1 Å². The van der Waals surface area contributed by atoms with E-state index in [0.29, 0.717) is 23.0 Å². The van der Waals surface area contributed by atoms with Crippen LogP contribution in [0.1, 0.15) is 19.3 Å². The zero-order valence-electron chi connectivity index (χ0n) is 12.9. The van der Waals surface area contributed by atoms with Gasteiger partial charge in [-0.3, -0.25) is 13.9 Å². The highest BCUT2D eigenvalue weighted by molar-refractivity contribution is 5.73. The third kappa shape index (κ3) is 2.33. The van der Waals surface area contributed by atoms with Crippen LogP contribution in [0.2, 0.25) is 0 Å². The van der Waals surface area contributed by atoms with Gasteiger partial charge in [0.15, 0.2) is 11.2 Å². The Hall–Kier alpha value is -2.09. The highest BCUT2D eigenvalue weighted by atomic mass is 16.3. The van der Waals surface area contributed by atoms with Crippen molar-refractivity contribution in [2.24, 2.45) is 20.0 Å². The molecule has 3 rings (SSSR count). The molecule has 0 bridgehead atoms. The first-order chi connectivity index (χ1) is 10.5.